The van der Waals surface area contributed by atoms with Crippen LogP contribution in [0.3, 0.4) is 0 Å². The van der Waals surface area contributed by atoms with E-state index in [1.165, 1.54) is 0 Å². The summed E-state index contributed by atoms with van der Waals surface area (Å²) in [5.41, 5.74) is 4.09. The Balaban J connectivity index is 2.14. The fraction of sp³-hybridized carbons (Fsp3) is 0.100. The van der Waals surface area contributed by atoms with Crippen molar-refractivity contribution in [2.24, 2.45) is 5.16 Å². The minimum atomic E-state index is 0.280. The van der Waals surface area contributed by atoms with Gasteiger partial charge in [-0.15, -0.1) is 0 Å². The monoisotopic (exact) mass is 190 g/mol. The fourth-order valence-electron chi connectivity index (χ4n) is 1.22. The van der Waals surface area contributed by atoms with E-state index in [0.29, 0.717) is 6.42 Å². The maximum atomic E-state index is 9.51. The molecule has 0 spiro atoms. The Morgan fingerprint density at radius 3 is 2.93 bits per heavy atom. The molecule has 0 aromatic heterocycles. The smallest absolute Gasteiger partial charge is 0.119 e. The molecule has 0 atom stereocenters. The third-order valence-corrected chi connectivity index (χ3v) is 1.92. The first-order chi connectivity index (χ1) is 6.86. The van der Waals surface area contributed by atoms with E-state index in [-0.39, 0.29) is 5.75 Å². The number of hydrogen-bond donors (Lipinski definition) is 2. The number of oxime groups is 1. The largest absolute Gasteiger partial charge is 0.508 e. The van der Waals surface area contributed by atoms with E-state index in [1.54, 1.807) is 24.4 Å². The van der Waals surface area contributed by atoms with Gasteiger partial charge in [0.2, 0.25) is 0 Å². The molecule has 2 rings (SSSR count). The van der Waals surface area contributed by atoms with Gasteiger partial charge in [0.25, 0.3) is 0 Å². The summed E-state index contributed by atoms with van der Waals surface area (Å²) in [5, 5.41) is 13.3. The average Bonchev–Trinajstić information content (AvgIpc) is 2.23. The third-order valence-electron chi connectivity index (χ3n) is 1.92. The van der Waals surface area contributed by atoms with Crippen molar-refractivity contribution in [3.63, 3.8) is 0 Å². The number of nitrogens with one attached hydrogen (secondary N) is 1. The summed E-state index contributed by atoms with van der Waals surface area (Å²) in [6, 6.07) is 7.17. The first-order valence-corrected chi connectivity index (χ1v) is 4.28. The predicted molar refractivity (Wildman–Crippen MR) is 52.6 cm³/mol. The summed E-state index contributed by atoms with van der Waals surface area (Å²) in [6.45, 7) is 0. The minimum Gasteiger partial charge on any atom is -0.508 e. The number of aromatic hydroxyl groups is 1. The van der Waals surface area contributed by atoms with Crippen molar-refractivity contribution >= 4 is 5.71 Å². The quantitative estimate of drug-likeness (QED) is 0.739. The molecule has 1 aromatic rings. The molecular weight excluding hydrogens is 180 g/mol. The van der Waals surface area contributed by atoms with Gasteiger partial charge in [0, 0.05) is 12.6 Å². The van der Waals surface area contributed by atoms with Crippen LogP contribution < -0.4 is 5.48 Å². The van der Waals surface area contributed by atoms with Crippen LogP contribution in [0.1, 0.15) is 5.56 Å². The summed E-state index contributed by atoms with van der Waals surface area (Å²) in [4.78, 5) is 4.66. The fourth-order valence-corrected chi connectivity index (χ4v) is 1.22. The molecular formula is C10H10N2O2. The van der Waals surface area contributed by atoms with Crippen LogP contribution in [-0.2, 0) is 11.4 Å². The summed E-state index contributed by atoms with van der Waals surface area (Å²) < 4.78 is 0. The zero-order valence-electron chi connectivity index (χ0n) is 7.47. The number of hydroxylamine groups is 1. The van der Waals surface area contributed by atoms with Crippen LogP contribution in [-0.4, -0.2) is 10.8 Å². The molecule has 0 aliphatic carbocycles. The first-order valence-electron chi connectivity index (χ1n) is 4.28. The second kappa shape index (κ2) is 3.83. The van der Waals surface area contributed by atoms with Crippen LogP contribution in [0.2, 0.25) is 0 Å². The predicted octanol–water partition coefficient (Wildman–Crippen LogP) is 1.34. The second-order valence-electron chi connectivity index (χ2n) is 2.93. The molecule has 2 N–H and O–H groups in total. The number of phenolic OH excluding ortho intramolecular Hbond substituents is 1. The molecule has 1 aliphatic rings. The number of allylic oxidation sites excluding steroid dienone is 1. The highest BCUT2D eigenvalue weighted by atomic mass is 16.8. The molecule has 0 unspecified atom stereocenters. The van der Waals surface area contributed by atoms with Gasteiger partial charge in [-0.1, -0.05) is 23.4 Å². The lowest BCUT2D eigenvalue weighted by molar-refractivity contribution is 0.0749. The SMILES string of the molecule is Oc1ccccc1CC1=NONC=C1. The zero-order chi connectivity index (χ0) is 9.80. The average molecular weight is 190 g/mol. The second-order valence-corrected chi connectivity index (χ2v) is 2.93. The Kier molecular flexibility index (Phi) is 2.36. The molecule has 0 bridgehead atoms. The van der Waals surface area contributed by atoms with E-state index in [9.17, 15) is 5.11 Å². The van der Waals surface area contributed by atoms with Gasteiger partial charge in [-0.05, 0) is 17.7 Å². The first kappa shape index (κ1) is 8.62. The lowest BCUT2D eigenvalue weighted by Gasteiger charge is -2.07. The van der Waals surface area contributed by atoms with Crippen molar-refractivity contribution in [1.82, 2.24) is 5.48 Å². The lowest BCUT2D eigenvalue weighted by Crippen LogP contribution is -2.12. The van der Waals surface area contributed by atoms with E-state index < -0.39 is 0 Å². The molecule has 14 heavy (non-hydrogen) atoms. The normalized spacial score (nSPS) is 14.1. The van der Waals surface area contributed by atoms with Crippen molar-refractivity contribution < 1.29 is 10.0 Å². The molecule has 1 aromatic carbocycles. The molecule has 0 saturated carbocycles. The molecule has 4 nitrogen and oxygen atoms in total. The Hall–Kier alpha value is -1.97. The Bertz CT molecular complexity index is 385. The van der Waals surface area contributed by atoms with Crippen LogP contribution in [0, 0.1) is 0 Å². The minimum absolute atomic E-state index is 0.280. The lowest BCUT2D eigenvalue weighted by atomic mass is 10.1. The van der Waals surface area contributed by atoms with Crippen molar-refractivity contribution in [2.75, 3.05) is 0 Å². The van der Waals surface area contributed by atoms with Crippen LogP contribution in [0.25, 0.3) is 0 Å². The summed E-state index contributed by atoms with van der Waals surface area (Å²) in [5.74, 6) is 0.280. The number of para-hydroxylation sites is 1. The van der Waals surface area contributed by atoms with Crippen LogP contribution in [0.5, 0.6) is 5.75 Å². The van der Waals surface area contributed by atoms with E-state index in [2.05, 4.69) is 15.6 Å². The topological polar surface area (TPSA) is 53.9 Å². The van der Waals surface area contributed by atoms with Gasteiger partial charge in [0.1, 0.15) is 5.75 Å². The maximum Gasteiger partial charge on any atom is 0.119 e. The maximum absolute atomic E-state index is 9.51. The van der Waals surface area contributed by atoms with E-state index in [4.69, 9.17) is 0 Å². The molecule has 0 fully saturated rings. The van der Waals surface area contributed by atoms with Gasteiger partial charge in [-0.25, -0.2) is 5.48 Å². The highest BCUT2D eigenvalue weighted by molar-refractivity contribution is 5.96. The Morgan fingerprint density at radius 1 is 1.36 bits per heavy atom. The number of nitrogens with zero attached hydrogens (tertiary/aromatic N) is 1. The zero-order valence-corrected chi connectivity index (χ0v) is 7.47. The van der Waals surface area contributed by atoms with Gasteiger partial charge in [-0.2, -0.15) is 0 Å². The number of rotatable bonds is 2. The van der Waals surface area contributed by atoms with Gasteiger partial charge >= 0.3 is 0 Å². The van der Waals surface area contributed by atoms with Crippen LogP contribution in [0.4, 0.5) is 0 Å². The van der Waals surface area contributed by atoms with E-state index >= 15 is 0 Å². The van der Waals surface area contributed by atoms with Gasteiger partial charge in [-0.3, -0.25) is 4.94 Å². The van der Waals surface area contributed by atoms with Crippen molar-refractivity contribution in [3.05, 3.63) is 42.1 Å². The van der Waals surface area contributed by atoms with Gasteiger partial charge in [0.15, 0.2) is 0 Å². The molecule has 0 amide bonds. The van der Waals surface area contributed by atoms with E-state index in [0.717, 1.165) is 11.3 Å². The van der Waals surface area contributed by atoms with Crippen molar-refractivity contribution in [3.8, 4) is 5.75 Å². The number of benzene rings is 1. The number of hydrogen-bond acceptors (Lipinski definition) is 4. The highest BCUT2D eigenvalue weighted by Crippen LogP contribution is 2.17. The molecule has 1 aliphatic heterocycles. The summed E-state index contributed by atoms with van der Waals surface area (Å²) >= 11 is 0. The molecule has 72 valence electrons. The van der Waals surface area contributed by atoms with Crippen LogP contribution >= 0.6 is 0 Å². The Morgan fingerprint density at radius 2 is 2.21 bits per heavy atom. The van der Waals surface area contributed by atoms with Crippen molar-refractivity contribution in [1.29, 1.82) is 0 Å². The van der Waals surface area contributed by atoms with Gasteiger partial charge < -0.3 is 5.11 Å². The van der Waals surface area contributed by atoms with Crippen molar-refractivity contribution in [2.45, 2.75) is 6.42 Å². The molecule has 1 heterocycles. The summed E-state index contributed by atoms with van der Waals surface area (Å²) in [7, 11) is 0. The highest BCUT2D eigenvalue weighted by Gasteiger charge is 2.05. The standard InChI is InChI=1S/C10H10N2O2/c13-10-4-2-1-3-8(10)7-9-5-6-11-14-12-9/h1-6,11,13H,7H2. The van der Waals surface area contributed by atoms with Crippen LogP contribution in [0.15, 0.2) is 41.7 Å². The molecule has 4 heteroatoms. The number of phenols is 1. The van der Waals surface area contributed by atoms with Gasteiger partial charge in [0.05, 0.1) is 5.71 Å². The third kappa shape index (κ3) is 1.85. The molecule has 0 radical (unpaired) electrons. The Labute approximate surface area is 81.5 Å². The summed E-state index contributed by atoms with van der Waals surface area (Å²) in [6.07, 6.45) is 4.02. The molecule has 0 saturated heterocycles. The van der Waals surface area contributed by atoms with E-state index in [1.807, 2.05) is 12.1 Å².